The maximum atomic E-state index is 12.1. The Balaban J connectivity index is 1.66. The second-order valence-electron chi connectivity index (χ2n) is 5.47. The number of benzene rings is 3. The van der Waals surface area contributed by atoms with Crippen LogP contribution in [0.4, 0.5) is 5.69 Å². The zero-order chi connectivity index (χ0) is 18.5. The van der Waals surface area contributed by atoms with Crippen molar-refractivity contribution in [3.63, 3.8) is 0 Å². The Morgan fingerprint density at radius 2 is 1.77 bits per heavy atom. The molecule has 0 bridgehead atoms. The van der Waals surface area contributed by atoms with E-state index >= 15 is 0 Å². The van der Waals surface area contributed by atoms with Gasteiger partial charge in [-0.3, -0.25) is 10.1 Å². The van der Waals surface area contributed by atoms with Gasteiger partial charge in [-0.1, -0.05) is 65.7 Å². The Hall–Kier alpha value is -2.40. The van der Waals surface area contributed by atoms with Gasteiger partial charge in [-0.05, 0) is 47.4 Å². The lowest BCUT2D eigenvalue weighted by molar-refractivity contribution is -0.115. The molecule has 3 rings (SSSR count). The summed E-state index contributed by atoms with van der Waals surface area (Å²) < 4.78 is 0. The molecule has 0 aromatic heterocycles. The third-order valence-electron chi connectivity index (χ3n) is 3.65. The molecule has 3 aromatic carbocycles. The molecule has 26 heavy (non-hydrogen) atoms. The summed E-state index contributed by atoms with van der Waals surface area (Å²) in [6.45, 7) is 0. The Kier molecular flexibility index (Phi) is 5.89. The molecule has 6 heteroatoms. The first kappa shape index (κ1) is 18.4. The molecule has 2 N–H and O–H groups in total. The van der Waals surface area contributed by atoms with E-state index in [4.69, 9.17) is 35.4 Å². The zero-order valence-corrected chi connectivity index (χ0v) is 15.8. The molecule has 130 valence electrons. The molecular formula is C20H14Cl2N2OS. The number of rotatable bonds is 3. The molecule has 0 heterocycles. The first-order valence-corrected chi connectivity index (χ1v) is 8.92. The second kappa shape index (κ2) is 8.32. The van der Waals surface area contributed by atoms with E-state index in [9.17, 15) is 4.79 Å². The van der Waals surface area contributed by atoms with Crippen LogP contribution in [-0.2, 0) is 4.79 Å². The van der Waals surface area contributed by atoms with E-state index in [1.807, 2.05) is 42.5 Å². The maximum absolute atomic E-state index is 12.1. The molecule has 0 aliphatic heterocycles. The summed E-state index contributed by atoms with van der Waals surface area (Å²) in [6.07, 6.45) is 2.97. The van der Waals surface area contributed by atoms with E-state index in [1.54, 1.807) is 24.3 Å². The molecule has 1 amide bonds. The van der Waals surface area contributed by atoms with Gasteiger partial charge >= 0.3 is 0 Å². The van der Waals surface area contributed by atoms with Crippen LogP contribution in [-0.4, -0.2) is 11.0 Å². The van der Waals surface area contributed by atoms with Crippen LogP contribution in [0.15, 0.2) is 66.7 Å². The van der Waals surface area contributed by atoms with Crippen molar-refractivity contribution in [2.24, 2.45) is 0 Å². The van der Waals surface area contributed by atoms with Crippen molar-refractivity contribution in [3.05, 3.63) is 82.3 Å². The second-order valence-corrected chi connectivity index (χ2v) is 6.72. The Morgan fingerprint density at radius 3 is 2.58 bits per heavy atom. The van der Waals surface area contributed by atoms with E-state index in [0.29, 0.717) is 15.6 Å². The molecule has 3 aromatic rings. The third kappa shape index (κ3) is 4.61. The first-order chi connectivity index (χ1) is 12.5. The average molecular weight is 401 g/mol. The minimum Gasteiger partial charge on any atom is -0.332 e. The summed E-state index contributed by atoms with van der Waals surface area (Å²) in [6, 6.07) is 18.8. The molecule has 3 nitrogen and oxygen atoms in total. The number of halogens is 2. The summed E-state index contributed by atoms with van der Waals surface area (Å²) in [7, 11) is 0. The molecule has 0 saturated carbocycles. The SMILES string of the molecule is O=C(/C=C/c1ccc(Cl)cc1Cl)NC(=S)Nc1cccc2ccccc12. The number of anilines is 1. The summed E-state index contributed by atoms with van der Waals surface area (Å²) in [5.41, 5.74) is 1.53. The third-order valence-corrected chi connectivity index (χ3v) is 4.42. The standard InChI is InChI=1S/C20H14Cl2N2OS/c21-15-10-8-14(17(22)12-15)9-11-19(25)24-20(26)23-18-7-3-5-13-4-1-2-6-16(13)18/h1-12H,(H2,23,24,25,26)/b11-9+. The van der Waals surface area contributed by atoms with Crippen molar-refractivity contribution in [3.8, 4) is 0 Å². The van der Waals surface area contributed by atoms with Crippen LogP contribution < -0.4 is 10.6 Å². The van der Waals surface area contributed by atoms with Crippen molar-refractivity contribution < 1.29 is 4.79 Å². The van der Waals surface area contributed by atoms with E-state index in [1.165, 1.54) is 6.08 Å². The maximum Gasteiger partial charge on any atom is 0.250 e. The number of nitrogens with one attached hydrogen (secondary N) is 2. The van der Waals surface area contributed by atoms with Crippen LogP contribution >= 0.6 is 35.4 Å². The largest absolute Gasteiger partial charge is 0.332 e. The van der Waals surface area contributed by atoms with Gasteiger partial charge in [0.2, 0.25) is 5.91 Å². The highest BCUT2D eigenvalue weighted by molar-refractivity contribution is 7.80. The van der Waals surface area contributed by atoms with Gasteiger partial charge in [0.1, 0.15) is 0 Å². The first-order valence-electron chi connectivity index (χ1n) is 7.76. The van der Waals surface area contributed by atoms with Gasteiger partial charge in [0.15, 0.2) is 5.11 Å². The summed E-state index contributed by atoms with van der Waals surface area (Å²) in [5.74, 6) is -0.353. The normalized spacial score (nSPS) is 10.8. The lowest BCUT2D eigenvalue weighted by Crippen LogP contribution is -2.32. The average Bonchev–Trinajstić information content (AvgIpc) is 2.61. The molecule has 0 radical (unpaired) electrons. The zero-order valence-electron chi connectivity index (χ0n) is 13.5. The molecular weight excluding hydrogens is 387 g/mol. The van der Waals surface area contributed by atoms with Crippen LogP contribution in [0.25, 0.3) is 16.8 Å². The highest BCUT2D eigenvalue weighted by atomic mass is 35.5. The molecule has 0 atom stereocenters. The van der Waals surface area contributed by atoms with Gasteiger partial charge in [0, 0.05) is 27.2 Å². The van der Waals surface area contributed by atoms with Gasteiger partial charge in [0.05, 0.1) is 0 Å². The Bertz CT molecular complexity index is 1010. The number of hydrogen-bond acceptors (Lipinski definition) is 2. The Labute approximate surface area is 166 Å². The van der Waals surface area contributed by atoms with Gasteiger partial charge in [-0.2, -0.15) is 0 Å². The fourth-order valence-corrected chi connectivity index (χ4v) is 3.13. The van der Waals surface area contributed by atoms with Crippen LogP contribution in [0.5, 0.6) is 0 Å². The molecule has 0 fully saturated rings. The van der Waals surface area contributed by atoms with Crippen LogP contribution in [0.2, 0.25) is 10.0 Å². The van der Waals surface area contributed by atoms with Crippen molar-refractivity contribution >= 4 is 69.0 Å². The van der Waals surface area contributed by atoms with E-state index in [-0.39, 0.29) is 11.0 Å². The van der Waals surface area contributed by atoms with E-state index in [2.05, 4.69) is 10.6 Å². The predicted octanol–water partition coefficient (Wildman–Crippen LogP) is 5.67. The minimum absolute atomic E-state index is 0.221. The van der Waals surface area contributed by atoms with E-state index in [0.717, 1.165) is 16.5 Å². The van der Waals surface area contributed by atoms with Crippen molar-refractivity contribution in [1.82, 2.24) is 5.32 Å². The quantitative estimate of drug-likeness (QED) is 0.439. The van der Waals surface area contributed by atoms with Gasteiger partial charge in [-0.15, -0.1) is 0 Å². The number of hydrogen-bond donors (Lipinski definition) is 2. The van der Waals surface area contributed by atoms with Crippen LogP contribution in [0, 0.1) is 0 Å². The number of fused-ring (bicyclic) bond motifs is 1. The monoisotopic (exact) mass is 400 g/mol. The summed E-state index contributed by atoms with van der Waals surface area (Å²) in [4.78, 5) is 12.1. The van der Waals surface area contributed by atoms with Crippen LogP contribution in [0.1, 0.15) is 5.56 Å². The Morgan fingerprint density at radius 1 is 1.00 bits per heavy atom. The van der Waals surface area contributed by atoms with Gasteiger partial charge in [-0.25, -0.2) is 0 Å². The number of thiocarbonyl (C=S) groups is 1. The summed E-state index contributed by atoms with van der Waals surface area (Å²) >= 11 is 17.2. The smallest absolute Gasteiger partial charge is 0.250 e. The highest BCUT2D eigenvalue weighted by Crippen LogP contribution is 2.23. The van der Waals surface area contributed by atoms with E-state index < -0.39 is 0 Å². The topological polar surface area (TPSA) is 41.1 Å². The number of carbonyl (C=O) groups is 1. The molecule has 0 unspecified atom stereocenters. The van der Waals surface area contributed by atoms with Gasteiger partial charge in [0.25, 0.3) is 0 Å². The van der Waals surface area contributed by atoms with Crippen molar-refractivity contribution in [2.45, 2.75) is 0 Å². The minimum atomic E-state index is -0.353. The summed E-state index contributed by atoms with van der Waals surface area (Å²) in [5, 5.41) is 9.01. The van der Waals surface area contributed by atoms with Crippen LogP contribution in [0.3, 0.4) is 0 Å². The fraction of sp³-hybridized carbons (Fsp3) is 0. The fourth-order valence-electron chi connectivity index (χ4n) is 2.44. The predicted molar refractivity (Wildman–Crippen MR) is 114 cm³/mol. The number of amides is 1. The molecule has 0 saturated heterocycles. The molecule has 0 aliphatic rings. The van der Waals surface area contributed by atoms with Crippen molar-refractivity contribution in [1.29, 1.82) is 0 Å². The lowest BCUT2D eigenvalue weighted by atomic mass is 10.1. The van der Waals surface area contributed by atoms with Crippen molar-refractivity contribution in [2.75, 3.05) is 5.32 Å². The number of carbonyl (C=O) groups excluding carboxylic acids is 1. The van der Waals surface area contributed by atoms with Gasteiger partial charge < -0.3 is 5.32 Å². The molecule has 0 aliphatic carbocycles. The lowest BCUT2D eigenvalue weighted by Gasteiger charge is -2.11. The molecule has 0 spiro atoms. The highest BCUT2D eigenvalue weighted by Gasteiger charge is 2.05.